The van der Waals surface area contributed by atoms with E-state index in [1.807, 2.05) is 12.1 Å². The van der Waals surface area contributed by atoms with Crippen molar-refractivity contribution in [2.24, 2.45) is 0 Å². The van der Waals surface area contributed by atoms with E-state index < -0.39 is 25.9 Å². The molecule has 0 saturated carbocycles. The smallest absolute Gasteiger partial charge is 0.289 e. The fourth-order valence-electron chi connectivity index (χ4n) is 4.32. The van der Waals surface area contributed by atoms with Gasteiger partial charge < -0.3 is 33.7 Å². The third-order valence-corrected chi connectivity index (χ3v) is 9.73. The van der Waals surface area contributed by atoms with Gasteiger partial charge in [-0.3, -0.25) is 9.59 Å². The number of hydrogen-bond acceptors (Lipinski definition) is 8. The summed E-state index contributed by atoms with van der Waals surface area (Å²) in [5.74, 6) is 0.787. The van der Waals surface area contributed by atoms with Crippen molar-refractivity contribution in [1.29, 1.82) is 0 Å². The molecular weight excluding hydrogens is 470 g/mol. The van der Waals surface area contributed by atoms with Gasteiger partial charge in [-0.15, -0.1) is 0 Å². The molecule has 1 unspecified atom stereocenters. The van der Waals surface area contributed by atoms with Crippen molar-refractivity contribution in [3.05, 3.63) is 41.9 Å². The first kappa shape index (κ1) is 24.5. The van der Waals surface area contributed by atoms with Gasteiger partial charge in [-0.25, -0.2) is 0 Å². The number of ether oxygens (including phenoxy) is 6. The van der Waals surface area contributed by atoms with Crippen molar-refractivity contribution >= 4 is 30.6 Å². The molecule has 186 valence electrons. The normalized spacial score (nSPS) is 17.7. The van der Waals surface area contributed by atoms with Crippen LogP contribution in [-0.4, -0.2) is 54.3 Å². The SMILES string of the molecule is COc1cc(OC)c(NC(=O)C2OC(Oc3cc4c(cc3OC)CC[Si]4(C)C)=CC2=O)c(OC)c1. The lowest BCUT2D eigenvalue weighted by atomic mass is 10.1. The Bertz CT molecular complexity index is 1180. The molecule has 1 N–H and O–H groups in total. The van der Waals surface area contributed by atoms with Crippen LogP contribution < -0.4 is 34.2 Å². The Morgan fingerprint density at radius 2 is 1.60 bits per heavy atom. The molecule has 0 aromatic heterocycles. The van der Waals surface area contributed by atoms with E-state index in [4.69, 9.17) is 28.4 Å². The predicted octanol–water partition coefficient (Wildman–Crippen LogP) is 3.02. The highest BCUT2D eigenvalue weighted by Crippen LogP contribution is 2.39. The number of methoxy groups -OCH3 is 4. The summed E-state index contributed by atoms with van der Waals surface area (Å²) in [5, 5.41) is 3.96. The van der Waals surface area contributed by atoms with Crippen LogP contribution in [0.5, 0.6) is 28.7 Å². The monoisotopic (exact) mass is 499 g/mol. The van der Waals surface area contributed by atoms with E-state index in [-0.39, 0.29) is 11.6 Å². The second-order valence-electron chi connectivity index (χ2n) is 8.91. The average molecular weight is 500 g/mol. The van der Waals surface area contributed by atoms with Crippen LogP contribution in [0.2, 0.25) is 19.1 Å². The Morgan fingerprint density at radius 3 is 2.20 bits per heavy atom. The first-order valence-corrected chi connectivity index (χ1v) is 14.3. The molecule has 0 bridgehead atoms. The molecule has 9 nitrogen and oxygen atoms in total. The minimum Gasteiger partial charge on any atom is -0.496 e. The molecule has 2 aliphatic heterocycles. The number of rotatable bonds is 8. The summed E-state index contributed by atoms with van der Waals surface area (Å²) in [6.45, 7) is 4.62. The zero-order chi connectivity index (χ0) is 25.3. The highest BCUT2D eigenvalue weighted by atomic mass is 28.3. The van der Waals surface area contributed by atoms with E-state index in [1.165, 1.54) is 38.2 Å². The van der Waals surface area contributed by atoms with Crippen molar-refractivity contribution in [3.8, 4) is 28.7 Å². The van der Waals surface area contributed by atoms with E-state index in [2.05, 4.69) is 18.4 Å². The number of anilines is 1. The predicted molar refractivity (Wildman–Crippen MR) is 132 cm³/mol. The highest BCUT2D eigenvalue weighted by molar-refractivity contribution is 6.91. The summed E-state index contributed by atoms with van der Waals surface area (Å²) in [6, 6.07) is 8.30. The van der Waals surface area contributed by atoms with Gasteiger partial charge >= 0.3 is 0 Å². The molecule has 35 heavy (non-hydrogen) atoms. The van der Waals surface area contributed by atoms with Crippen LogP contribution >= 0.6 is 0 Å². The molecule has 2 aromatic carbocycles. The minimum atomic E-state index is -1.56. The fourth-order valence-corrected chi connectivity index (χ4v) is 7.07. The van der Waals surface area contributed by atoms with E-state index in [1.54, 1.807) is 19.2 Å². The Morgan fingerprint density at radius 1 is 0.943 bits per heavy atom. The molecule has 0 radical (unpaired) electrons. The Balaban J connectivity index is 1.52. The quantitative estimate of drug-likeness (QED) is 0.437. The maximum absolute atomic E-state index is 13.0. The molecule has 0 spiro atoms. The molecule has 2 heterocycles. The number of aryl methyl sites for hydroxylation is 1. The van der Waals surface area contributed by atoms with Gasteiger partial charge in [-0.05, 0) is 30.2 Å². The standard InChI is InChI=1S/C25H29NO8Si/c1-29-15-10-19(31-3)23(20(11-15)32-4)26-25(28)24-16(27)12-22(34-24)33-18-13-21-14(9-17(18)30-2)7-8-35(21,5)6/h9-13,24H,7-8H2,1-6H3,(H,26,28). The summed E-state index contributed by atoms with van der Waals surface area (Å²) in [5.41, 5.74) is 1.52. The topological polar surface area (TPSA) is 102 Å². The number of amides is 1. The maximum atomic E-state index is 13.0. The first-order chi connectivity index (χ1) is 16.7. The van der Waals surface area contributed by atoms with Crippen molar-refractivity contribution < 1.29 is 38.0 Å². The number of carbonyl (C=O) groups excluding carboxylic acids is 2. The zero-order valence-electron chi connectivity index (χ0n) is 20.6. The number of nitrogens with one attached hydrogen (secondary N) is 1. The molecule has 2 aliphatic rings. The Kier molecular flexibility index (Phi) is 6.66. The van der Waals surface area contributed by atoms with Gasteiger partial charge in [-0.2, -0.15) is 0 Å². The van der Waals surface area contributed by atoms with Gasteiger partial charge in [-0.1, -0.05) is 18.3 Å². The molecule has 10 heteroatoms. The van der Waals surface area contributed by atoms with E-state index in [9.17, 15) is 9.59 Å². The van der Waals surface area contributed by atoms with Gasteiger partial charge in [0.05, 0.1) is 42.6 Å². The second kappa shape index (κ2) is 9.53. The van der Waals surface area contributed by atoms with Gasteiger partial charge in [0.25, 0.3) is 11.9 Å². The summed E-state index contributed by atoms with van der Waals surface area (Å²) < 4.78 is 32.9. The third-order valence-electron chi connectivity index (χ3n) is 6.30. The second-order valence-corrected chi connectivity index (χ2v) is 13.7. The van der Waals surface area contributed by atoms with E-state index in [0.29, 0.717) is 28.7 Å². The number of carbonyl (C=O) groups is 2. The Labute approximate surface area is 204 Å². The van der Waals surface area contributed by atoms with Crippen molar-refractivity contribution in [1.82, 2.24) is 0 Å². The van der Waals surface area contributed by atoms with Gasteiger partial charge in [0.1, 0.15) is 22.9 Å². The molecule has 0 saturated heterocycles. The van der Waals surface area contributed by atoms with Crippen LogP contribution in [-0.2, 0) is 20.7 Å². The highest BCUT2D eigenvalue weighted by Gasteiger charge is 2.37. The molecule has 0 aliphatic carbocycles. The number of fused-ring (bicyclic) bond motifs is 1. The zero-order valence-corrected chi connectivity index (χ0v) is 21.6. The number of ketones is 1. The van der Waals surface area contributed by atoms with E-state index >= 15 is 0 Å². The molecule has 1 atom stereocenters. The molecule has 2 aromatic rings. The van der Waals surface area contributed by atoms with Gasteiger partial charge in [0, 0.05) is 12.1 Å². The molecule has 0 fully saturated rings. The third kappa shape index (κ3) is 4.66. The van der Waals surface area contributed by atoms with Gasteiger partial charge in [0.2, 0.25) is 11.9 Å². The largest absolute Gasteiger partial charge is 0.496 e. The lowest BCUT2D eigenvalue weighted by Gasteiger charge is -2.19. The summed E-state index contributed by atoms with van der Waals surface area (Å²) in [6.07, 6.45) is 0.763. The van der Waals surface area contributed by atoms with Crippen LogP contribution in [0.4, 0.5) is 5.69 Å². The molecule has 4 rings (SSSR count). The Hall–Kier alpha value is -3.66. The summed E-state index contributed by atoms with van der Waals surface area (Å²) in [7, 11) is 4.40. The van der Waals surface area contributed by atoms with Crippen LogP contribution in [0.1, 0.15) is 5.56 Å². The average Bonchev–Trinajstić information content (AvgIpc) is 3.36. The van der Waals surface area contributed by atoms with Crippen LogP contribution in [0, 0.1) is 0 Å². The summed E-state index contributed by atoms with van der Waals surface area (Å²) >= 11 is 0. The maximum Gasteiger partial charge on any atom is 0.289 e. The number of hydrogen-bond donors (Lipinski definition) is 1. The van der Waals surface area contributed by atoms with Crippen molar-refractivity contribution in [2.75, 3.05) is 33.8 Å². The van der Waals surface area contributed by atoms with E-state index in [0.717, 1.165) is 12.5 Å². The molecule has 1 amide bonds. The van der Waals surface area contributed by atoms with Crippen LogP contribution in [0.15, 0.2) is 36.3 Å². The van der Waals surface area contributed by atoms with Crippen molar-refractivity contribution in [3.63, 3.8) is 0 Å². The summed E-state index contributed by atoms with van der Waals surface area (Å²) in [4.78, 5) is 25.6. The molecular formula is C25H29NO8Si. The van der Waals surface area contributed by atoms with Crippen molar-refractivity contribution in [2.45, 2.75) is 31.7 Å². The fraction of sp³-hybridized carbons (Fsp3) is 0.360. The minimum absolute atomic E-state index is 0.0699. The lowest BCUT2D eigenvalue weighted by Crippen LogP contribution is -2.37. The lowest BCUT2D eigenvalue weighted by molar-refractivity contribution is -0.134. The first-order valence-electron chi connectivity index (χ1n) is 11.1. The number of benzene rings is 2. The van der Waals surface area contributed by atoms with Gasteiger partial charge in [0.15, 0.2) is 11.5 Å². The van der Waals surface area contributed by atoms with Crippen LogP contribution in [0.25, 0.3) is 0 Å². The van der Waals surface area contributed by atoms with Crippen LogP contribution in [0.3, 0.4) is 0 Å².